The maximum atomic E-state index is 5.13. The Balaban J connectivity index is 0.965. The lowest BCUT2D eigenvalue weighted by atomic mass is 9.67. The van der Waals surface area contributed by atoms with E-state index in [1.165, 1.54) is 93.3 Å². The van der Waals surface area contributed by atoms with Crippen molar-refractivity contribution in [1.82, 2.24) is 9.97 Å². The zero-order valence-electron chi connectivity index (χ0n) is 32.6. The van der Waals surface area contributed by atoms with Crippen LogP contribution < -0.4 is 0 Å². The first kappa shape index (κ1) is 33.9. The maximum Gasteiger partial charge on any atom is 0.160 e. The molecule has 7 aromatic carbocycles. The van der Waals surface area contributed by atoms with Crippen LogP contribution in [0.25, 0.3) is 78.4 Å². The van der Waals surface area contributed by atoms with Crippen LogP contribution in [0.4, 0.5) is 0 Å². The summed E-state index contributed by atoms with van der Waals surface area (Å²) in [6, 6.07) is 62.2. The van der Waals surface area contributed by atoms with Crippen LogP contribution in [0.3, 0.4) is 0 Å². The topological polar surface area (TPSA) is 25.8 Å². The van der Waals surface area contributed by atoms with Gasteiger partial charge in [0, 0.05) is 27.5 Å². The second-order valence-corrected chi connectivity index (χ2v) is 16.9. The van der Waals surface area contributed by atoms with Crippen LogP contribution in [0.2, 0.25) is 0 Å². The molecule has 1 heterocycles. The standard InChI is InChI=1S/C55H44N2/c1-54(2)47-19-11-10-18-43(47)45-34-50-46(33-48(45)54)44-29-28-42(32-49(44)55(50)30-12-5-13-31-55)38-22-26-40(27-23-38)52-35-51(56-53(57-52)41-16-8-4-9-17-41)39-24-20-37(21-25-39)36-14-6-3-7-15-36/h3-4,6-11,14-29,32-35H,5,12-13,30-31H2,1-2H3. The molecule has 1 fully saturated rings. The molecule has 57 heavy (non-hydrogen) atoms. The molecular weight excluding hydrogens is 689 g/mol. The predicted molar refractivity (Wildman–Crippen MR) is 236 cm³/mol. The highest BCUT2D eigenvalue weighted by Crippen LogP contribution is 2.60. The molecule has 2 heteroatoms. The summed E-state index contributed by atoms with van der Waals surface area (Å²) in [6.07, 6.45) is 6.31. The average Bonchev–Trinajstić information content (AvgIpc) is 3.66. The van der Waals surface area contributed by atoms with Crippen molar-refractivity contribution in [3.8, 4) is 78.4 Å². The Labute approximate surface area is 336 Å². The Morgan fingerprint density at radius 1 is 0.351 bits per heavy atom. The van der Waals surface area contributed by atoms with Gasteiger partial charge < -0.3 is 0 Å². The number of aromatic nitrogens is 2. The molecule has 8 aromatic rings. The number of benzene rings is 7. The van der Waals surface area contributed by atoms with Gasteiger partial charge in [0.2, 0.25) is 0 Å². The first-order valence-electron chi connectivity index (χ1n) is 20.6. The molecule has 274 valence electrons. The lowest BCUT2D eigenvalue weighted by Crippen LogP contribution is -2.28. The normalized spacial score (nSPS) is 15.5. The van der Waals surface area contributed by atoms with E-state index < -0.39 is 0 Å². The Morgan fingerprint density at radius 2 is 0.825 bits per heavy atom. The first-order chi connectivity index (χ1) is 28.0. The van der Waals surface area contributed by atoms with Crippen molar-refractivity contribution in [3.05, 3.63) is 192 Å². The van der Waals surface area contributed by atoms with Gasteiger partial charge in [-0.3, -0.25) is 0 Å². The van der Waals surface area contributed by atoms with Gasteiger partial charge in [-0.2, -0.15) is 0 Å². The summed E-state index contributed by atoms with van der Waals surface area (Å²) >= 11 is 0. The van der Waals surface area contributed by atoms with E-state index in [0.29, 0.717) is 0 Å². The number of nitrogens with zero attached hydrogens (tertiary/aromatic N) is 2. The lowest BCUT2D eigenvalue weighted by molar-refractivity contribution is 0.353. The van der Waals surface area contributed by atoms with Crippen molar-refractivity contribution in [1.29, 1.82) is 0 Å². The highest BCUT2D eigenvalue weighted by molar-refractivity contribution is 5.91. The molecule has 0 bridgehead atoms. The van der Waals surface area contributed by atoms with Crippen LogP contribution in [0.15, 0.2) is 170 Å². The molecule has 0 saturated heterocycles. The van der Waals surface area contributed by atoms with Gasteiger partial charge in [0.1, 0.15) is 0 Å². The summed E-state index contributed by atoms with van der Waals surface area (Å²) in [5.41, 5.74) is 21.7. The summed E-state index contributed by atoms with van der Waals surface area (Å²) < 4.78 is 0. The Morgan fingerprint density at radius 3 is 1.49 bits per heavy atom. The lowest BCUT2D eigenvalue weighted by Gasteiger charge is -2.36. The van der Waals surface area contributed by atoms with E-state index >= 15 is 0 Å². The number of fused-ring (bicyclic) bond motifs is 8. The molecule has 0 N–H and O–H groups in total. The van der Waals surface area contributed by atoms with Crippen molar-refractivity contribution >= 4 is 0 Å². The van der Waals surface area contributed by atoms with E-state index in [9.17, 15) is 0 Å². The molecule has 0 amide bonds. The zero-order valence-corrected chi connectivity index (χ0v) is 32.6. The minimum atomic E-state index is -0.00951. The molecule has 0 atom stereocenters. The van der Waals surface area contributed by atoms with Gasteiger partial charge in [-0.25, -0.2) is 9.97 Å². The summed E-state index contributed by atoms with van der Waals surface area (Å²) in [7, 11) is 0. The number of hydrogen-bond acceptors (Lipinski definition) is 2. The molecule has 2 nitrogen and oxygen atoms in total. The molecule has 3 aliphatic rings. The highest BCUT2D eigenvalue weighted by Gasteiger charge is 2.46. The number of rotatable bonds is 5. The van der Waals surface area contributed by atoms with Gasteiger partial charge in [-0.1, -0.05) is 179 Å². The number of hydrogen-bond donors (Lipinski definition) is 0. The Kier molecular flexibility index (Phi) is 7.80. The largest absolute Gasteiger partial charge is 0.228 e. The van der Waals surface area contributed by atoms with Crippen LogP contribution in [0.5, 0.6) is 0 Å². The summed E-state index contributed by atoms with van der Waals surface area (Å²) in [5.74, 6) is 0.730. The maximum absolute atomic E-state index is 5.13. The second kappa shape index (κ2) is 13.1. The van der Waals surface area contributed by atoms with Crippen molar-refractivity contribution in [2.45, 2.75) is 56.8 Å². The molecule has 0 unspecified atom stereocenters. The molecular formula is C55H44N2. The molecule has 1 aromatic heterocycles. The van der Waals surface area contributed by atoms with Gasteiger partial charge in [-0.05, 0) is 104 Å². The third-order valence-corrected chi connectivity index (χ3v) is 13.3. The van der Waals surface area contributed by atoms with E-state index in [1.54, 1.807) is 5.56 Å². The molecule has 1 saturated carbocycles. The van der Waals surface area contributed by atoms with E-state index in [-0.39, 0.29) is 10.8 Å². The average molecular weight is 733 g/mol. The fourth-order valence-corrected chi connectivity index (χ4v) is 10.3. The van der Waals surface area contributed by atoms with Crippen molar-refractivity contribution in [3.63, 3.8) is 0 Å². The van der Waals surface area contributed by atoms with E-state index in [4.69, 9.17) is 9.97 Å². The van der Waals surface area contributed by atoms with Gasteiger partial charge in [-0.15, -0.1) is 0 Å². The molecule has 1 spiro atoms. The van der Waals surface area contributed by atoms with E-state index in [2.05, 4.69) is 166 Å². The minimum absolute atomic E-state index is 0.00951. The van der Waals surface area contributed by atoms with Crippen molar-refractivity contribution < 1.29 is 0 Å². The third-order valence-electron chi connectivity index (χ3n) is 13.3. The molecule has 0 radical (unpaired) electrons. The fourth-order valence-electron chi connectivity index (χ4n) is 10.3. The van der Waals surface area contributed by atoms with Crippen molar-refractivity contribution in [2.75, 3.05) is 0 Å². The van der Waals surface area contributed by atoms with E-state index in [1.807, 2.05) is 18.2 Å². The Hall–Kier alpha value is -6.38. The van der Waals surface area contributed by atoms with Gasteiger partial charge in [0.05, 0.1) is 11.4 Å². The minimum Gasteiger partial charge on any atom is -0.228 e. The zero-order chi connectivity index (χ0) is 38.1. The predicted octanol–water partition coefficient (Wildman–Crippen LogP) is 14.3. The summed E-state index contributed by atoms with van der Waals surface area (Å²) in [4.78, 5) is 10.2. The summed E-state index contributed by atoms with van der Waals surface area (Å²) in [5, 5.41) is 0. The van der Waals surface area contributed by atoms with Crippen molar-refractivity contribution in [2.24, 2.45) is 0 Å². The highest BCUT2D eigenvalue weighted by atomic mass is 14.9. The monoisotopic (exact) mass is 732 g/mol. The molecule has 0 aliphatic heterocycles. The fraction of sp³-hybridized carbons (Fsp3) is 0.164. The quantitative estimate of drug-likeness (QED) is 0.176. The van der Waals surface area contributed by atoms with Gasteiger partial charge in [0.15, 0.2) is 5.82 Å². The van der Waals surface area contributed by atoms with E-state index in [0.717, 1.165) is 33.9 Å². The first-order valence-corrected chi connectivity index (χ1v) is 20.6. The van der Waals surface area contributed by atoms with Crippen LogP contribution >= 0.6 is 0 Å². The SMILES string of the molecule is CC1(C)c2ccccc2-c2cc3c(cc21)-c1ccc(-c2ccc(-c4cc(-c5ccc(-c6ccccc6)cc5)nc(-c5ccccc5)n4)cc2)cc1C31CCCCC1. The Bertz CT molecular complexity index is 2810. The smallest absolute Gasteiger partial charge is 0.160 e. The third kappa shape index (κ3) is 5.46. The van der Waals surface area contributed by atoms with Crippen LogP contribution in [-0.2, 0) is 10.8 Å². The van der Waals surface area contributed by atoms with Crippen LogP contribution in [0.1, 0.15) is 68.2 Å². The second-order valence-electron chi connectivity index (χ2n) is 16.9. The van der Waals surface area contributed by atoms with Crippen LogP contribution in [0, 0.1) is 0 Å². The molecule has 11 rings (SSSR count). The van der Waals surface area contributed by atoms with Gasteiger partial charge in [0.25, 0.3) is 0 Å². The summed E-state index contributed by atoms with van der Waals surface area (Å²) in [6.45, 7) is 4.80. The molecule has 3 aliphatic carbocycles. The van der Waals surface area contributed by atoms with Crippen LogP contribution in [-0.4, -0.2) is 9.97 Å². The van der Waals surface area contributed by atoms with Gasteiger partial charge >= 0.3 is 0 Å².